The fraction of sp³-hybridized carbons (Fsp3) is 0.421. The van der Waals surface area contributed by atoms with Gasteiger partial charge in [0.2, 0.25) is 31.9 Å². The molecule has 11 nitrogen and oxygen atoms in total. The van der Waals surface area contributed by atoms with Crippen LogP contribution in [0.5, 0.6) is 0 Å². The van der Waals surface area contributed by atoms with E-state index in [9.17, 15) is 26.4 Å². The maximum Gasteiger partial charge on any atom is 0.247 e. The molecule has 1 aromatic heterocycles. The lowest BCUT2D eigenvalue weighted by atomic mass is 9.95. The van der Waals surface area contributed by atoms with E-state index in [1.807, 2.05) is 0 Å². The SMILES string of the molecule is Cc1cc(NC(=O)[C@H](C)NS(=O)(=O)c2ccc(N3C(=O)C(C)(C)CS3(=O)=O)cc2C)no1. The number of hydrogen-bond acceptors (Lipinski definition) is 8. The van der Waals surface area contributed by atoms with Gasteiger partial charge in [-0.25, -0.2) is 21.1 Å². The Morgan fingerprint density at radius 1 is 1.25 bits per heavy atom. The standard InChI is InChI=1S/C19H24N4O7S2/c1-11-8-14(23-18(25)19(4,5)10-31(23,26)27)6-7-15(11)32(28,29)22-13(3)17(24)20-16-9-12(2)30-21-16/h6-9,13,22H,10H2,1-5H3,(H,20,21,24)/t13-/m0/s1. The quantitative estimate of drug-likeness (QED) is 0.621. The number of rotatable bonds is 6. The summed E-state index contributed by atoms with van der Waals surface area (Å²) < 4.78 is 58.4. The second kappa shape index (κ2) is 7.98. The molecule has 174 valence electrons. The maximum absolute atomic E-state index is 12.8. The highest BCUT2D eigenvalue weighted by molar-refractivity contribution is 7.94. The molecule has 2 amide bonds. The highest BCUT2D eigenvalue weighted by Crippen LogP contribution is 2.36. The van der Waals surface area contributed by atoms with Gasteiger partial charge in [0.05, 0.1) is 27.8 Å². The van der Waals surface area contributed by atoms with E-state index < -0.39 is 43.3 Å². The minimum absolute atomic E-state index is 0.0595. The molecule has 0 aliphatic carbocycles. The lowest BCUT2D eigenvalue weighted by molar-refractivity contribution is -0.123. The van der Waals surface area contributed by atoms with E-state index in [1.54, 1.807) is 6.92 Å². The van der Waals surface area contributed by atoms with Gasteiger partial charge in [0, 0.05) is 6.07 Å². The average Bonchev–Trinajstić information content (AvgIpc) is 3.11. The number of carbonyl (C=O) groups is 2. The predicted molar refractivity (Wildman–Crippen MR) is 116 cm³/mol. The first-order valence-corrected chi connectivity index (χ1v) is 12.7. The zero-order valence-electron chi connectivity index (χ0n) is 18.2. The molecule has 2 aromatic rings. The van der Waals surface area contributed by atoms with Crippen molar-refractivity contribution in [1.82, 2.24) is 9.88 Å². The Labute approximate surface area is 186 Å². The third-order valence-electron chi connectivity index (χ3n) is 4.87. The fourth-order valence-electron chi connectivity index (χ4n) is 3.33. The van der Waals surface area contributed by atoms with Crippen LogP contribution < -0.4 is 14.3 Å². The molecule has 0 spiro atoms. The number of nitrogens with one attached hydrogen (secondary N) is 2. The van der Waals surface area contributed by atoms with Crippen molar-refractivity contribution in [2.24, 2.45) is 5.41 Å². The van der Waals surface area contributed by atoms with Crippen molar-refractivity contribution < 1.29 is 30.9 Å². The van der Waals surface area contributed by atoms with Crippen LogP contribution in [-0.2, 0) is 29.6 Å². The molecular formula is C19H24N4O7S2. The number of sulfonamides is 2. The van der Waals surface area contributed by atoms with Crippen molar-refractivity contribution in [2.45, 2.75) is 45.6 Å². The van der Waals surface area contributed by atoms with E-state index >= 15 is 0 Å². The van der Waals surface area contributed by atoms with Gasteiger partial charge in [0.25, 0.3) is 0 Å². The van der Waals surface area contributed by atoms with Gasteiger partial charge in [-0.15, -0.1) is 0 Å². The van der Waals surface area contributed by atoms with Gasteiger partial charge in [0.1, 0.15) is 5.76 Å². The Bertz CT molecular complexity index is 1300. The number of anilines is 2. The summed E-state index contributed by atoms with van der Waals surface area (Å²) in [5.41, 5.74) is -0.809. The molecule has 0 radical (unpaired) electrons. The second-order valence-corrected chi connectivity index (χ2v) is 11.8. The van der Waals surface area contributed by atoms with Gasteiger partial charge in [-0.2, -0.15) is 4.72 Å². The highest BCUT2D eigenvalue weighted by Gasteiger charge is 2.50. The minimum Gasteiger partial charge on any atom is -0.360 e. The van der Waals surface area contributed by atoms with Crippen LogP contribution in [0.2, 0.25) is 0 Å². The summed E-state index contributed by atoms with van der Waals surface area (Å²) in [4.78, 5) is 24.7. The lowest BCUT2D eigenvalue weighted by Crippen LogP contribution is -2.41. The molecule has 2 heterocycles. The molecule has 1 fully saturated rings. The molecule has 1 aliphatic rings. The van der Waals surface area contributed by atoms with Crippen LogP contribution in [0.3, 0.4) is 0 Å². The fourth-order valence-corrected chi connectivity index (χ4v) is 6.86. The number of aromatic nitrogens is 1. The van der Waals surface area contributed by atoms with Gasteiger partial charge in [-0.3, -0.25) is 9.59 Å². The summed E-state index contributed by atoms with van der Waals surface area (Å²) in [5.74, 6) is -0.937. The summed E-state index contributed by atoms with van der Waals surface area (Å²) in [6, 6.07) is 4.11. The third-order valence-corrected chi connectivity index (χ3v) is 8.59. The molecule has 0 unspecified atom stereocenters. The predicted octanol–water partition coefficient (Wildman–Crippen LogP) is 1.30. The van der Waals surface area contributed by atoms with Gasteiger partial charge in [-0.05, 0) is 58.4 Å². The van der Waals surface area contributed by atoms with Gasteiger partial charge < -0.3 is 9.84 Å². The lowest BCUT2D eigenvalue weighted by Gasteiger charge is -2.19. The third kappa shape index (κ3) is 4.54. The number of hydrogen-bond donors (Lipinski definition) is 2. The largest absolute Gasteiger partial charge is 0.360 e. The topological polar surface area (TPSA) is 156 Å². The summed E-state index contributed by atoms with van der Waals surface area (Å²) in [6.07, 6.45) is 0. The van der Waals surface area contributed by atoms with E-state index in [-0.39, 0.29) is 27.7 Å². The van der Waals surface area contributed by atoms with Crippen molar-refractivity contribution >= 4 is 43.4 Å². The van der Waals surface area contributed by atoms with E-state index in [0.29, 0.717) is 10.1 Å². The minimum atomic E-state index is -4.14. The number of amides is 2. The molecule has 2 N–H and O–H groups in total. The van der Waals surface area contributed by atoms with Crippen molar-refractivity contribution in [3.63, 3.8) is 0 Å². The average molecular weight is 485 g/mol. The van der Waals surface area contributed by atoms with Crippen molar-refractivity contribution in [3.8, 4) is 0 Å². The molecule has 32 heavy (non-hydrogen) atoms. The van der Waals surface area contributed by atoms with Crippen LogP contribution in [0.15, 0.2) is 33.7 Å². The summed E-state index contributed by atoms with van der Waals surface area (Å²) in [7, 11) is -8.00. The smallest absolute Gasteiger partial charge is 0.247 e. The van der Waals surface area contributed by atoms with E-state index in [0.717, 1.165) is 0 Å². The second-order valence-electron chi connectivity index (χ2n) is 8.31. The number of nitrogens with zero attached hydrogens (tertiary/aromatic N) is 2. The number of benzene rings is 1. The zero-order chi connectivity index (χ0) is 24.1. The van der Waals surface area contributed by atoms with Crippen molar-refractivity contribution in [1.29, 1.82) is 0 Å². The van der Waals surface area contributed by atoms with Crippen LogP contribution >= 0.6 is 0 Å². The van der Waals surface area contributed by atoms with Crippen LogP contribution in [0.25, 0.3) is 0 Å². The Kier molecular flexibility index (Phi) is 5.95. The molecule has 1 aliphatic heterocycles. The summed E-state index contributed by atoms with van der Waals surface area (Å²) in [5, 5.41) is 6.05. The summed E-state index contributed by atoms with van der Waals surface area (Å²) >= 11 is 0. The van der Waals surface area contributed by atoms with Crippen LogP contribution in [0.4, 0.5) is 11.5 Å². The van der Waals surface area contributed by atoms with Crippen molar-refractivity contribution in [2.75, 3.05) is 15.4 Å². The Morgan fingerprint density at radius 3 is 2.41 bits per heavy atom. The monoisotopic (exact) mass is 484 g/mol. The first-order chi connectivity index (χ1) is 14.6. The first-order valence-electron chi connectivity index (χ1n) is 9.59. The van der Waals surface area contributed by atoms with Crippen LogP contribution in [0, 0.1) is 19.3 Å². The maximum atomic E-state index is 12.8. The molecule has 3 rings (SSSR count). The molecule has 13 heteroatoms. The van der Waals surface area contributed by atoms with Gasteiger partial charge in [0.15, 0.2) is 5.82 Å². The molecule has 1 saturated heterocycles. The van der Waals surface area contributed by atoms with Crippen LogP contribution in [0.1, 0.15) is 32.1 Å². The van der Waals surface area contributed by atoms with E-state index in [1.165, 1.54) is 52.0 Å². The van der Waals surface area contributed by atoms with E-state index in [4.69, 9.17) is 4.52 Å². The zero-order valence-corrected chi connectivity index (χ0v) is 19.8. The normalized spacial score (nSPS) is 18.5. The van der Waals surface area contributed by atoms with Crippen molar-refractivity contribution in [3.05, 3.63) is 35.6 Å². The van der Waals surface area contributed by atoms with Gasteiger partial charge in [-0.1, -0.05) is 5.16 Å². The van der Waals surface area contributed by atoms with Gasteiger partial charge >= 0.3 is 0 Å². The van der Waals surface area contributed by atoms with Crippen LogP contribution in [-0.4, -0.2) is 45.6 Å². The molecule has 1 atom stereocenters. The molecule has 0 bridgehead atoms. The first kappa shape index (κ1) is 23.9. The molecule has 0 saturated carbocycles. The Morgan fingerprint density at radius 2 is 1.91 bits per heavy atom. The van der Waals surface area contributed by atoms with E-state index in [2.05, 4.69) is 15.2 Å². The highest BCUT2D eigenvalue weighted by atomic mass is 32.2. The Balaban J connectivity index is 1.82. The molecule has 1 aromatic carbocycles. The number of aryl methyl sites for hydroxylation is 2. The molecular weight excluding hydrogens is 460 g/mol. The summed E-state index contributed by atoms with van der Waals surface area (Å²) in [6.45, 7) is 7.55. The Hall–Kier alpha value is -2.77. The number of carbonyl (C=O) groups excluding carboxylic acids is 2.